The van der Waals surface area contributed by atoms with Crippen LogP contribution >= 0.6 is 11.3 Å². The number of hydrogen-bond donors (Lipinski definition) is 5. The number of carboxylic acids is 1. The molecule has 4 heterocycles. The van der Waals surface area contributed by atoms with E-state index in [1.165, 1.54) is 23.9 Å². The van der Waals surface area contributed by atoms with Gasteiger partial charge in [-0.1, -0.05) is 17.4 Å². The minimum absolute atomic E-state index is 0.286. The molecule has 1 amide bonds. The Labute approximate surface area is 202 Å². The summed E-state index contributed by atoms with van der Waals surface area (Å²) in [5.74, 6) is -2.69. The SMILES string of the molecule is O=C(Nc1cccc(-c2nnc(Nc3ccc4[nH]ncc4c3)s2)n1)c1c[nH]cn1.O=C(O)C(F)(F)F. The maximum absolute atomic E-state index is 12.1. The topological polar surface area (TPSA) is 174 Å². The number of carboxylic acid groups (broad SMARTS) is 1. The summed E-state index contributed by atoms with van der Waals surface area (Å²) in [6.45, 7) is 0. The highest BCUT2D eigenvalue weighted by molar-refractivity contribution is 7.18. The number of carbonyl (C=O) groups excluding carboxylic acids is 1. The van der Waals surface area contributed by atoms with Crippen LogP contribution in [0.5, 0.6) is 0 Å². The number of aromatic nitrogens is 7. The van der Waals surface area contributed by atoms with Crippen LogP contribution in [0.15, 0.2) is 55.1 Å². The molecule has 5 rings (SSSR count). The third kappa shape index (κ3) is 5.98. The first-order valence-electron chi connectivity index (χ1n) is 9.80. The van der Waals surface area contributed by atoms with Crippen molar-refractivity contribution in [2.75, 3.05) is 10.6 Å². The minimum atomic E-state index is -5.08. The molecule has 1 aromatic carbocycles. The molecule has 0 aliphatic carbocycles. The van der Waals surface area contributed by atoms with E-state index in [-0.39, 0.29) is 11.6 Å². The zero-order valence-electron chi connectivity index (χ0n) is 17.7. The molecule has 0 aliphatic heterocycles. The molecule has 12 nitrogen and oxygen atoms in total. The second kappa shape index (κ2) is 10.2. The van der Waals surface area contributed by atoms with E-state index in [0.29, 0.717) is 21.7 Å². The molecule has 16 heteroatoms. The fourth-order valence-electron chi connectivity index (χ4n) is 2.71. The summed E-state index contributed by atoms with van der Waals surface area (Å²) < 4.78 is 31.7. The number of benzene rings is 1. The van der Waals surface area contributed by atoms with Crippen LogP contribution in [0, 0.1) is 0 Å². The van der Waals surface area contributed by atoms with E-state index in [0.717, 1.165) is 16.6 Å². The molecule has 0 saturated heterocycles. The monoisotopic (exact) mass is 517 g/mol. The number of hydrogen-bond acceptors (Lipinski definition) is 9. The van der Waals surface area contributed by atoms with Crippen molar-refractivity contribution in [2.24, 2.45) is 0 Å². The summed E-state index contributed by atoms with van der Waals surface area (Å²) in [7, 11) is 0. The number of H-pyrrole nitrogens is 2. The summed E-state index contributed by atoms with van der Waals surface area (Å²) in [5, 5.41) is 30.7. The lowest BCUT2D eigenvalue weighted by Gasteiger charge is -2.03. The predicted molar refractivity (Wildman–Crippen MR) is 123 cm³/mol. The molecule has 0 radical (unpaired) electrons. The van der Waals surface area contributed by atoms with Gasteiger partial charge in [0.15, 0.2) is 5.01 Å². The number of rotatable bonds is 5. The number of aromatic amines is 2. The normalized spacial score (nSPS) is 11.0. The van der Waals surface area contributed by atoms with E-state index in [1.807, 2.05) is 24.3 Å². The lowest BCUT2D eigenvalue weighted by molar-refractivity contribution is -0.192. The number of anilines is 3. The number of halogens is 3. The summed E-state index contributed by atoms with van der Waals surface area (Å²) in [6, 6.07) is 11.2. The molecule has 0 bridgehead atoms. The Kier molecular flexibility index (Phi) is 6.86. The first-order valence-corrected chi connectivity index (χ1v) is 10.6. The van der Waals surface area contributed by atoms with Crippen molar-refractivity contribution in [3.05, 3.63) is 60.8 Å². The van der Waals surface area contributed by atoms with Gasteiger partial charge in [0.25, 0.3) is 5.91 Å². The molecule has 4 aromatic heterocycles. The van der Waals surface area contributed by atoms with E-state index in [9.17, 15) is 18.0 Å². The van der Waals surface area contributed by atoms with Crippen molar-refractivity contribution in [3.63, 3.8) is 0 Å². The van der Waals surface area contributed by atoms with Crippen LogP contribution in [0.2, 0.25) is 0 Å². The number of pyridine rings is 1. The van der Waals surface area contributed by atoms with E-state index < -0.39 is 12.1 Å². The molecule has 0 fully saturated rings. The molecule has 36 heavy (non-hydrogen) atoms. The minimum Gasteiger partial charge on any atom is -0.475 e. The molecule has 0 aliphatic rings. The van der Waals surface area contributed by atoms with Crippen molar-refractivity contribution in [3.8, 4) is 10.7 Å². The zero-order valence-corrected chi connectivity index (χ0v) is 18.6. The van der Waals surface area contributed by atoms with E-state index in [2.05, 4.69) is 46.0 Å². The summed E-state index contributed by atoms with van der Waals surface area (Å²) in [4.78, 5) is 32.1. The maximum atomic E-state index is 12.1. The van der Waals surface area contributed by atoms with Crippen LogP contribution in [0.4, 0.5) is 29.8 Å². The van der Waals surface area contributed by atoms with Crippen LogP contribution in [-0.4, -0.2) is 58.5 Å². The molecular weight excluding hydrogens is 503 g/mol. The Bertz CT molecular complexity index is 1500. The molecular formula is C20H14F3N9O3S. The summed E-state index contributed by atoms with van der Waals surface area (Å²) in [5.41, 5.74) is 2.75. The van der Waals surface area contributed by atoms with Crippen LogP contribution in [0.3, 0.4) is 0 Å². The van der Waals surface area contributed by atoms with Gasteiger partial charge in [-0.05, 0) is 30.3 Å². The number of carbonyl (C=O) groups is 2. The molecule has 5 N–H and O–H groups in total. The Hall–Kier alpha value is -4.86. The van der Waals surface area contributed by atoms with Gasteiger partial charge in [-0.2, -0.15) is 18.3 Å². The molecule has 0 atom stereocenters. The van der Waals surface area contributed by atoms with E-state index in [1.54, 1.807) is 18.3 Å². The maximum Gasteiger partial charge on any atom is 0.490 e. The van der Waals surface area contributed by atoms with Gasteiger partial charge in [0.2, 0.25) is 5.13 Å². The summed E-state index contributed by atoms with van der Waals surface area (Å²) in [6.07, 6.45) is -0.361. The summed E-state index contributed by atoms with van der Waals surface area (Å²) >= 11 is 1.36. The molecule has 184 valence electrons. The first-order chi connectivity index (χ1) is 17.2. The highest BCUT2D eigenvalue weighted by Gasteiger charge is 2.38. The molecule has 5 aromatic rings. The van der Waals surface area contributed by atoms with Crippen LogP contribution in [0.1, 0.15) is 10.5 Å². The molecule has 0 unspecified atom stereocenters. The third-order valence-electron chi connectivity index (χ3n) is 4.30. The predicted octanol–water partition coefficient (Wildman–Crippen LogP) is 3.83. The number of aliphatic carboxylic acids is 1. The van der Waals surface area contributed by atoms with Crippen molar-refractivity contribution in [1.29, 1.82) is 0 Å². The third-order valence-corrected chi connectivity index (χ3v) is 5.16. The Morgan fingerprint density at radius 3 is 2.64 bits per heavy atom. The molecule has 0 spiro atoms. The standard InChI is InChI=1S/C18H13N9OS.C2HF3O2/c28-16(14-8-19-9-20-14)24-15-3-1-2-13(23-15)17-26-27-18(29-17)22-11-4-5-12-10(6-11)7-21-25-12;3-2(4,5)1(6)7/h1-9H,(H,19,20)(H,21,25)(H,22,27)(H,23,24,28);(H,6,7). The van der Waals surface area contributed by atoms with Gasteiger partial charge >= 0.3 is 12.1 Å². The number of fused-ring (bicyclic) bond motifs is 1. The van der Waals surface area contributed by atoms with Gasteiger partial charge < -0.3 is 20.7 Å². The zero-order chi connectivity index (χ0) is 25.7. The lowest BCUT2D eigenvalue weighted by Crippen LogP contribution is -2.21. The second-order valence-corrected chi connectivity index (χ2v) is 7.81. The smallest absolute Gasteiger partial charge is 0.475 e. The van der Waals surface area contributed by atoms with Crippen LogP contribution < -0.4 is 10.6 Å². The highest BCUT2D eigenvalue weighted by Crippen LogP contribution is 2.28. The fraction of sp³-hybridized carbons (Fsp3) is 0.0500. The number of alkyl halides is 3. The number of nitrogens with zero attached hydrogens (tertiary/aromatic N) is 5. The Morgan fingerprint density at radius 1 is 1.11 bits per heavy atom. The number of amides is 1. The van der Waals surface area contributed by atoms with Gasteiger partial charge in [-0.25, -0.2) is 14.8 Å². The van der Waals surface area contributed by atoms with Crippen molar-refractivity contribution < 1.29 is 27.9 Å². The Balaban J connectivity index is 0.000000384. The van der Waals surface area contributed by atoms with Gasteiger partial charge in [-0.15, -0.1) is 10.2 Å². The average Bonchev–Trinajstić information content (AvgIpc) is 3.61. The number of imidazole rings is 1. The van der Waals surface area contributed by atoms with E-state index >= 15 is 0 Å². The van der Waals surface area contributed by atoms with Crippen LogP contribution in [0.25, 0.3) is 21.6 Å². The number of nitrogens with one attached hydrogen (secondary N) is 4. The largest absolute Gasteiger partial charge is 0.490 e. The van der Waals surface area contributed by atoms with Gasteiger partial charge in [0, 0.05) is 17.3 Å². The quantitative estimate of drug-likeness (QED) is 0.232. The Morgan fingerprint density at radius 2 is 1.92 bits per heavy atom. The highest BCUT2D eigenvalue weighted by atomic mass is 32.1. The average molecular weight is 517 g/mol. The first kappa shape index (κ1) is 24.3. The molecule has 0 saturated carbocycles. The van der Waals surface area contributed by atoms with E-state index in [4.69, 9.17) is 9.90 Å². The van der Waals surface area contributed by atoms with Gasteiger partial charge in [0.1, 0.15) is 17.2 Å². The van der Waals surface area contributed by atoms with Gasteiger partial charge in [-0.3, -0.25) is 9.89 Å². The van der Waals surface area contributed by atoms with Crippen molar-refractivity contribution in [2.45, 2.75) is 6.18 Å². The second-order valence-electron chi connectivity index (χ2n) is 6.83. The van der Waals surface area contributed by atoms with Crippen molar-refractivity contribution in [1.82, 2.24) is 35.3 Å². The van der Waals surface area contributed by atoms with Crippen LogP contribution in [-0.2, 0) is 4.79 Å². The lowest BCUT2D eigenvalue weighted by atomic mass is 10.2. The fourth-order valence-corrected chi connectivity index (χ4v) is 3.44. The van der Waals surface area contributed by atoms with Crippen molar-refractivity contribution >= 4 is 50.8 Å². The van der Waals surface area contributed by atoms with Gasteiger partial charge in [0.05, 0.1) is 18.0 Å².